The van der Waals surface area contributed by atoms with E-state index in [0.29, 0.717) is 11.4 Å². The van der Waals surface area contributed by atoms with Crippen LogP contribution >= 0.6 is 23.1 Å². The third-order valence-corrected chi connectivity index (χ3v) is 7.69. The number of nitrogens with two attached hydrogens (primary N) is 1. The fourth-order valence-electron chi connectivity index (χ4n) is 2.49. The van der Waals surface area contributed by atoms with Gasteiger partial charge in [-0.15, -0.1) is 11.3 Å². The molecule has 1 aromatic rings. The summed E-state index contributed by atoms with van der Waals surface area (Å²) in [7, 11) is -3.43. The number of hydrogen-bond acceptors (Lipinski definition) is 5. The van der Waals surface area contributed by atoms with Crippen LogP contribution in [0.4, 0.5) is 0 Å². The first-order valence-corrected chi connectivity index (χ1v) is 9.93. The standard InChI is InChI=1S/C12H20N2O2S3/c1-17-12(5-2-3-6-12)9-14-19(15,16)11-4-7-18-10(11)8-13/h4,7,14H,2-3,5-6,8-9,13H2,1H3. The molecule has 3 N–H and O–H groups in total. The molecule has 1 fully saturated rings. The molecule has 0 bridgehead atoms. The van der Waals surface area contributed by atoms with Gasteiger partial charge in [0.2, 0.25) is 10.0 Å². The average molecular weight is 321 g/mol. The number of thioether (sulfide) groups is 1. The molecule has 1 aliphatic rings. The average Bonchev–Trinajstić information content (AvgIpc) is 3.06. The second kappa shape index (κ2) is 6.13. The molecule has 1 saturated carbocycles. The van der Waals surface area contributed by atoms with Crippen LogP contribution in [0.3, 0.4) is 0 Å². The Balaban J connectivity index is 2.10. The smallest absolute Gasteiger partial charge is 0.241 e. The van der Waals surface area contributed by atoms with Crippen molar-refractivity contribution in [3.05, 3.63) is 16.3 Å². The molecular weight excluding hydrogens is 300 g/mol. The Bertz CT molecular complexity index is 519. The normalized spacial score (nSPS) is 18.8. The van der Waals surface area contributed by atoms with E-state index in [1.54, 1.807) is 23.2 Å². The maximum absolute atomic E-state index is 12.3. The minimum atomic E-state index is -3.43. The van der Waals surface area contributed by atoms with E-state index in [1.165, 1.54) is 24.2 Å². The highest BCUT2D eigenvalue weighted by atomic mass is 32.2. The Hall–Kier alpha value is -0.0800. The first-order valence-electron chi connectivity index (χ1n) is 6.34. The van der Waals surface area contributed by atoms with Gasteiger partial charge in [0.05, 0.1) is 4.90 Å². The zero-order valence-corrected chi connectivity index (χ0v) is 13.5. The Morgan fingerprint density at radius 1 is 1.47 bits per heavy atom. The molecule has 19 heavy (non-hydrogen) atoms. The van der Waals surface area contributed by atoms with E-state index in [2.05, 4.69) is 11.0 Å². The zero-order valence-electron chi connectivity index (χ0n) is 11.0. The molecule has 108 valence electrons. The number of thiophene rings is 1. The third kappa shape index (κ3) is 3.33. The van der Waals surface area contributed by atoms with Crippen LogP contribution in [0, 0.1) is 0 Å². The van der Waals surface area contributed by atoms with Crippen LogP contribution in [0.25, 0.3) is 0 Å². The van der Waals surface area contributed by atoms with Crippen LogP contribution in [0.2, 0.25) is 0 Å². The van der Waals surface area contributed by atoms with Crippen LogP contribution in [-0.2, 0) is 16.6 Å². The summed E-state index contributed by atoms with van der Waals surface area (Å²) in [5, 5.41) is 1.77. The molecule has 0 aromatic carbocycles. The van der Waals surface area contributed by atoms with Crippen molar-refractivity contribution < 1.29 is 8.42 Å². The van der Waals surface area contributed by atoms with Crippen molar-refractivity contribution in [2.45, 2.75) is 41.9 Å². The maximum atomic E-state index is 12.3. The molecular formula is C12H20N2O2S3. The SMILES string of the molecule is CSC1(CNS(=O)(=O)c2ccsc2CN)CCCC1. The largest absolute Gasteiger partial charge is 0.326 e. The molecule has 0 atom stereocenters. The molecule has 4 nitrogen and oxygen atoms in total. The van der Waals surface area contributed by atoms with Crippen molar-refractivity contribution >= 4 is 33.1 Å². The molecule has 0 amide bonds. The first-order chi connectivity index (χ1) is 9.03. The minimum absolute atomic E-state index is 0.0754. The predicted molar refractivity (Wildman–Crippen MR) is 82.1 cm³/mol. The second-order valence-electron chi connectivity index (χ2n) is 4.83. The highest BCUT2D eigenvalue weighted by Crippen LogP contribution is 2.39. The Morgan fingerprint density at radius 2 is 2.16 bits per heavy atom. The van der Waals surface area contributed by atoms with Gasteiger partial charge in [0, 0.05) is 22.7 Å². The fraction of sp³-hybridized carbons (Fsp3) is 0.667. The highest BCUT2D eigenvalue weighted by Gasteiger charge is 2.34. The van der Waals surface area contributed by atoms with Crippen LogP contribution in [0.15, 0.2) is 16.3 Å². The van der Waals surface area contributed by atoms with Gasteiger partial charge in [-0.05, 0) is 30.5 Å². The summed E-state index contributed by atoms with van der Waals surface area (Å²) < 4.78 is 27.5. The molecule has 0 radical (unpaired) electrons. The third-order valence-electron chi connectivity index (χ3n) is 3.71. The number of sulfonamides is 1. The summed E-state index contributed by atoms with van der Waals surface area (Å²) in [6.45, 7) is 0.776. The van der Waals surface area contributed by atoms with Gasteiger partial charge in [-0.2, -0.15) is 11.8 Å². The van der Waals surface area contributed by atoms with Crippen molar-refractivity contribution in [2.24, 2.45) is 5.73 Å². The molecule has 2 rings (SSSR count). The summed E-state index contributed by atoms with van der Waals surface area (Å²) in [6.07, 6.45) is 6.62. The molecule has 7 heteroatoms. The number of hydrogen-bond donors (Lipinski definition) is 2. The molecule has 1 aliphatic carbocycles. The van der Waals surface area contributed by atoms with E-state index in [9.17, 15) is 8.42 Å². The topological polar surface area (TPSA) is 72.2 Å². The quantitative estimate of drug-likeness (QED) is 0.842. The molecule has 0 unspecified atom stereocenters. The molecule has 0 spiro atoms. The summed E-state index contributed by atoms with van der Waals surface area (Å²) in [6, 6.07) is 1.63. The van der Waals surface area contributed by atoms with Gasteiger partial charge in [0.25, 0.3) is 0 Å². The van der Waals surface area contributed by atoms with E-state index in [-0.39, 0.29) is 11.3 Å². The Kier molecular flexibility index (Phi) is 4.94. The Labute approximate surface area is 123 Å². The lowest BCUT2D eigenvalue weighted by Gasteiger charge is -2.26. The van der Waals surface area contributed by atoms with Crippen molar-refractivity contribution in [2.75, 3.05) is 12.8 Å². The van der Waals surface area contributed by atoms with Gasteiger partial charge in [0.1, 0.15) is 0 Å². The summed E-state index contributed by atoms with van der Waals surface area (Å²) in [5.41, 5.74) is 5.58. The summed E-state index contributed by atoms with van der Waals surface area (Å²) >= 11 is 3.17. The lowest BCUT2D eigenvalue weighted by Crippen LogP contribution is -2.38. The number of rotatable bonds is 6. The lowest BCUT2D eigenvalue weighted by atomic mass is 10.1. The monoisotopic (exact) mass is 320 g/mol. The van der Waals surface area contributed by atoms with E-state index in [1.807, 2.05) is 0 Å². The second-order valence-corrected chi connectivity index (χ2v) is 8.84. The van der Waals surface area contributed by atoms with E-state index in [0.717, 1.165) is 17.7 Å². The lowest BCUT2D eigenvalue weighted by molar-refractivity contribution is 0.551. The maximum Gasteiger partial charge on any atom is 0.241 e. The van der Waals surface area contributed by atoms with Crippen LogP contribution < -0.4 is 10.5 Å². The predicted octanol–water partition coefficient (Wildman–Crippen LogP) is 2.16. The summed E-state index contributed by atoms with van der Waals surface area (Å²) in [4.78, 5) is 1.06. The van der Waals surface area contributed by atoms with Crippen molar-refractivity contribution in [1.82, 2.24) is 4.72 Å². The van der Waals surface area contributed by atoms with Crippen LogP contribution in [-0.4, -0.2) is 26.0 Å². The van der Waals surface area contributed by atoms with E-state index < -0.39 is 10.0 Å². The Morgan fingerprint density at radius 3 is 2.74 bits per heavy atom. The van der Waals surface area contributed by atoms with Crippen molar-refractivity contribution in [3.8, 4) is 0 Å². The zero-order chi connectivity index (χ0) is 13.9. The van der Waals surface area contributed by atoms with E-state index >= 15 is 0 Å². The molecule has 0 aliphatic heterocycles. The van der Waals surface area contributed by atoms with Crippen molar-refractivity contribution in [1.29, 1.82) is 0 Å². The van der Waals surface area contributed by atoms with Gasteiger partial charge in [-0.3, -0.25) is 0 Å². The molecule has 0 saturated heterocycles. The van der Waals surface area contributed by atoms with Crippen LogP contribution in [0.5, 0.6) is 0 Å². The number of nitrogens with one attached hydrogen (secondary N) is 1. The first kappa shape index (κ1) is 15.3. The van der Waals surface area contributed by atoms with Gasteiger partial charge in [-0.25, -0.2) is 13.1 Å². The van der Waals surface area contributed by atoms with Gasteiger partial charge < -0.3 is 5.73 Å². The fourth-order valence-corrected chi connectivity index (χ4v) is 5.96. The highest BCUT2D eigenvalue weighted by molar-refractivity contribution is 8.00. The van der Waals surface area contributed by atoms with Gasteiger partial charge in [-0.1, -0.05) is 12.8 Å². The minimum Gasteiger partial charge on any atom is -0.326 e. The van der Waals surface area contributed by atoms with E-state index in [4.69, 9.17) is 5.73 Å². The van der Waals surface area contributed by atoms with Crippen molar-refractivity contribution in [3.63, 3.8) is 0 Å². The molecule has 1 aromatic heterocycles. The van der Waals surface area contributed by atoms with Gasteiger partial charge >= 0.3 is 0 Å². The molecule has 1 heterocycles. The van der Waals surface area contributed by atoms with Crippen LogP contribution in [0.1, 0.15) is 30.6 Å². The summed E-state index contributed by atoms with van der Waals surface area (Å²) in [5.74, 6) is 0. The van der Waals surface area contributed by atoms with Gasteiger partial charge in [0.15, 0.2) is 0 Å².